The van der Waals surface area contributed by atoms with Crippen molar-refractivity contribution in [1.29, 1.82) is 0 Å². The Labute approximate surface area is 113 Å². The normalized spacial score (nSPS) is 14.3. The molecule has 3 nitrogen and oxygen atoms in total. The number of aromatic nitrogens is 2. The molecular weight excluding hydrogens is 241 g/mol. The average molecular weight is 261 g/mol. The van der Waals surface area contributed by atoms with Gasteiger partial charge in [-0.3, -0.25) is 4.68 Å². The van der Waals surface area contributed by atoms with E-state index < -0.39 is 0 Å². The zero-order chi connectivity index (χ0) is 13.8. The molecule has 4 heteroatoms. The monoisotopic (exact) mass is 261 g/mol. The van der Waals surface area contributed by atoms with Crippen molar-refractivity contribution in [1.82, 2.24) is 15.1 Å². The Balaban J connectivity index is 1.91. The van der Waals surface area contributed by atoms with Gasteiger partial charge in [-0.05, 0) is 44.0 Å². The summed E-state index contributed by atoms with van der Waals surface area (Å²) in [5.74, 6) is -0.198. The van der Waals surface area contributed by atoms with E-state index in [1.165, 1.54) is 17.7 Å². The second kappa shape index (κ2) is 5.97. The first-order valence-electron chi connectivity index (χ1n) is 6.55. The van der Waals surface area contributed by atoms with E-state index in [0.717, 1.165) is 12.1 Å². The van der Waals surface area contributed by atoms with E-state index in [-0.39, 0.29) is 11.9 Å². The molecule has 0 amide bonds. The van der Waals surface area contributed by atoms with Crippen molar-refractivity contribution in [3.05, 3.63) is 53.6 Å². The lowest BCUT2D eigenvalue weighted by Gasteiger charge is -2.20. The van der Waals surface area contributed by atoms with E-state index in [9.17, 15) is 4.39 Å². The third-order valence-electron chi connectivity index (χ3n) is 3.13. The minimum atomic E-state index is -0.198. The van der Waals surface area contributed by atoms with Crippen molar-refractivity contribution >= 4 is 0 Å². The van der Waals surface area contributed by atoms with Crippen molar-refractivity contribution in [2.75, 3.05) is 0 Å². The van der Waals surface area contributed by atoms with Crippen LogP contribution in [0.15, 0.2) is 36.7 Å². The van der Waals surface area contributed by atoms with Gasteiger partial charge in [-0.25, -0.2) is 4.39 Å². The molecule has 1 heterocycles. The summed E-state index contributed by atoms with van der Waals surface area (Å²) in [6.07, 6.45) is 3.89. The third-order valence-corrected chi connectivity index (χ3v) is 3.13. The number of nitrogens with zero attached hydrogens (tertiary/aromatic N) is 2. The van der Waals surface area contributed by atoms with E-state index in [4.69, 9.17) is 0 Å². The van der Waals surface area contributed by atoms with Crippen LogP contribution in [0.25, 0.3) is 0 Å². The molecule has 2 rings (SSSR count). The van der Waals surface area contributed by atoms with E-state index in [1.807, 2.05) is 36.1 Å². The highest BCUT2D eigenvalue weighted by molar-refractivity contribution is 5.19. The van der Waals surface area contributed by atoms with Crippen LogP contribution in [0, 0.1) is 12.7 Å². The average Bonchev–Trinajstić information content (AvgIpc) is 2.75. The van der Waals surface area contributed by atoms with Crippen LogP contribution >= 0.6 is 0 Å². The van der Waals surface area contributed by atoms with Gasteiger partial charge in [0.25, 0.3) is 0 Å². The van der Waals surface area contributed by atoms with Gasteiger partial charge in [-0.15, -0.1) is 0 Å². The van der Waals surface area contributed by atoms with Crippen LogP contribution in [0.4, 0.5) is 4.39 Å². The summed E-state index contributed by atoms with van der Waals surface area (Å²) in [5.41, 5.74) is 2.25. The summed E-state index contributed by atoms with van der Waals surface area (Å²) in [7, 11) is 0. The van der Waals surface area contributed by atoms with Crippen LogP contribution < -0.4 is 5.32 Å². The molecule has 0 aliphatic heterocycles. The number of nitrogens with one attached hydrogen (secondary N) is 1. The van der Waals surface area contributed by atoms with Gasteiger partial charge >= 0.3 is 0 Å². The molecule has 0 bridgehead atoms. The van der Waals surface area contributed by atoms with Crippen molar-refractivity contribution in [2.24, 2.45) is 0 Å². The lowest BCUT2D eigenvalue weighted by molar-refractivity contribution is 0.412. The molecule has 1 aromatic heterocycles. The topological polar surface area (TPSA) is 29.9 Å². The molecule has 0 unspecified atom stereocenters. The highest BCUT2D eigenvalue weighted by Gasteiger charge is 2.10. The van der Waals surface area contributed by atoms with Crippen LogP contribution in [0.1, 0.15) is 31.0 Å². The standard InChI is InChI=1S/C15H20FN3/c1-11-8-17-19(9-11)10-12(2)18-13(3)14-4-6-15(16)7-5-14/h4-9,12-13,18H,10H2,1-3H3/t12-,13-/m1/s1. The largest absolute Gasteiger partial charge is 0.306 e. The third kappa shape index (κ3) is 3.89. The van der Waals surface area contributed by atoms with Crippen LogP contribution in [0.3, 0.4) is 0 Å². The van der Waals surface area contributed by atoms with Gasteiger partial charge in [0.15, 0.2) is 0 Å². The predicted octanol–water partition coefficient (Wildman–Crippen LogP) is 3.07. The van der Waals surface area contributed by atoms with Gasteiger partial charge in [0.1, 0.15) is 5.82 Å². The Morgan fingerprint density at radius 1 is 1.26 bits per heavy atom. The van der Waals surface area contributed by atoms with Gasteiger partial charge < -0.3 is 5.32 Å². The van der Waals surface area contributed by atoms with Gasteiger partial charge in [0.2, 0.25) is 0 Å². The number of aryl methyl sites for hydroxylation is 1. The van der Waals surface area contributed by atoms with Crippen molar-refractivity contribution in [2.45, 2.75) is 39.4 Å². The van der Waals surface area contributed by atoms with Crippen molar-refractivity contribution < 1.29 is 4.39 Å². The summed E-state index contributed by atoms with van der Waals surface area (Å²) in [6, 6.07) is 7.10. The minimum Gasteiger partial charge on any atom is -0.306 e. The zero-order valence-electron chi connectivity index (χ0n) is 11.6. The zero-order valence-corrected chi connectivity index (χ0v) is 11.6. The molecule has 1 N–H and O–H groups in total. The van der Waals surface area contributed by atoms with E-state index in [1.54, 1.807) is 0 Å². The summed E-state index contributed by atoms with van der Waals surface area (Å²) in [4.78, 5) is 0. The van der Waals surface area contributed by atoms with Gasteiger partial charge in [0, 0.05) is 18.3 Å². The maximum atomic E-state index is 12.9. The van der Waals surface area contributed by atoms with Crippen LogP contribution in [-0.4, -0.2) is 15.8 Å². The van der Waals surface area contributed by atoms with E-state index in [0.29, 0.717) is 6.04 Å². The lowest BCUT2D eigenvalue weighted by Crippen LogP contribution is -2.32. The number of rotatable bonds is 5. The molecule has 0 radical (unpaired) electrons. The second-order valence-electron chi connectivity index (χ2n) is 5.08. The molecule has 0 spiro atoms. The molecule has 102 valence electrons. The maximum Gasteiger partial charge on any atom is 0.123 e. The molecule has 0 aliphatic rings. The Bertz CT molecular complexity index is 518. The Hall–Kier alpha value is -1.68. The highest BCUT2D eigenvalue weighted by atomic mass is 19.1. The summed E-state index contributed by atoms with van der Waals surface area (Å²) >= 11 is 0. The summed E-state index contributed by atoms with van der Waals surface area (Å²) < 4.78 is 14.8. The van der Waals surface area contributed by atoms with Gasteiger partial charge in [-0.2, -0.15) is 5.10 Å². The van der Waals surface area contributed by atoms with Gasteiger partial charge in [0.05, 0.1) is 12.7 Å². The first kappa shape index (κ1) is 13.7. The molecular formula is C15H20FN3. The van der Waals surface area contributed by atoms with E-state index >= 15 is 0 Å². The first-order chi connectivity index (χ1) is 9.04. The Morgan fingerprint density at radius 2 is 1.95 bits per heavy atom. The van der Waals surface area contributed by atoms with Crippen LogP contribution in [0.5, 0.6) is 0 Å². The summed E-state index contributed by atoms with van der Waals surface area (Å²) in [5, 5.41) is 7.76. The molecule has 2 atom stereocenters. The van der Waals surface area contributed by atoms with Crippen molar-refractivity contribution in [3.8, 4) is 0 Å². The molecule has 19 heavy (non-hydrogen) atoms. The number of hydrogen-bond donors (Lipinski definition) is 1. The molecule has 1 aromatic carbocycles. The van der Waals surface area contributed by atoms with Gasteiger partial charge in [-0.1, -0.05) is 12.1 Å². The first-order valence-corrected chi connectivity index (χ1v) is 6.55. The van der Waals surface area contributed by atoms with Crippen LogP contribution in [-0.2, 0) is 6.54 Å². The molecule has 2 aromatic rings. The predicted molar refractivity (Wildman–Crippen MR) is 74.4 cm³/mol. The Morgan fingerprint density at radius 3 is 2.53 bits per heavy atom. The second-order valence-corrected chi connectivity index (χ2v) is 5.08. The number of benzene rings is 1. The van der Waals surface area contributed by atoms with E-state index in [2.05, 4.69) is 24.3 Å². The fourth-order valence-corrected chi connectivity index (χ4v) is 2.17. The highest BCUT2D eigenvalue weighted by Crippen LogP contribution is 2.13. The Kier molecular flexibility index (Phi) is 4.32. The smallest absolute Gasteiger partial charge is 0.123 e. The number of halogens is 1. The van der Waals surface area contributed by atoms with Crippen LogP contribution in [0.2, 0.25) is 0 Å². The maximum absolute atomic E-state index is 12.9. The molecule has 0 saturated carbocycles. The fraction of sp³-hybridized carbons (Fsp3) is 0.400. The van der Waals surface area contributed by atoms with Crippen molar-refractivity contribution in [3.63, 3.8) is 0 Å². The lowest BCUT2D eigenvalue weighted by atomic mass is 10.1. The number of hydrogen-bond acceptors (Lipinski definition) is 2. The minimum absolute atomic E-state index is 0.187. The molecule has 0 aliphatic carbocycles. The fourth-order valence-electron chi connectivity index (χ4n) is 2.17. The molecule has 0 saturated heterocycles. The summed E-state index contributed by atoms with van der Waals surface area (Å²) in [6.45, 7) is 7.05. The molecule has 0 fully saturated rings. The quantitative estimate of drug-likeness (QED) is 0.896. The SMILES string of the molecule is Cc1cnn(C[C@@H](C)N[C@H](C)c2ccc(F)cc2)c1.